The third-order valence-electron chi connectivity index (χ3n) is 4.24. The minimum absolute atomic E-state index is 0.117. The van der Waals surface area contributed by atoms with Crippen LogP contribution in [-0.2, 0) is 12.3 Å². The van der Waals surface area contributed by atoms with Crippen LogP contribution in [-0.4, -0.2) is 13.0 Å². The van der Waals surface area contributed by atoms with Crippen molar-refractivity contribution in [1.82, 2.24) is 5.32 Å². The number of carbonyl (C=O) groups is 1. The lowest BCUT2D eigenvalue weighted by atomic mass is 10.1. The van der Waals surface area contributed by atoms with Crippen LogP contribution in [0, 0.1) is 11.3 Å². The Hall–Kier alpha value is -3.23. The second kappa shape index (κ2) is 9.63. The molecule has 3 aromatic carbocycles. The van der Waals surface area contributed by atoms with Gasteiger partial charge in [0, 0.05) is 22.8 Å². The SMILES string of the molecule is COc1ccccc1CNC(=O)c1ccccc1SCc1ccc(C#N)cc1. The van der Waals surface area contributed by atoms with E-state index in [9.17, 15) is 4.79 Å². The first-order chi connectivity index (χ1) is 13.7. The van der Waals surface area contributed by atoms with Crippen molar-refractivity contribution in [2.24, 2.45) is 0 Å². The Balaban J connectivity index is 1.67. The van der Waals surface area contributed by atoms with Crippen LogP contribution in [0.1, 0.15) is 27.0 Å². The van der Waals surface area contributed by atoms with Crippen molar-refractivity contribution >= 4 is 17.7 Å². The van der Waals surface area contributed by atoms with Gasteiger partial charge in [0.15, 0.2) is 0 Å². The van der Waals surface area contributed by atoms with Crippen LogP contribution in [0.2, 0.25) is 0 Å². The Kier molecular flexibility index (Phi) is 6.72. The number of amides is 1. The zero-order valence-corrected chi connectivity index (χ0v) is 16.3. The summed E-state index contributed by atoms with van der Waals surface area (Å²) in [4.78, 5) is 13.7. The molecule has 0 fully saturated rings. The Morgan fingerprint density at radius 2 is 1.75 bits per heavy atom. The van der Waals surface area contributed by atoms with Gasteiger partial charge in [-0.1, -0.05) is 42.5 Å². The molecule has 0 aliphatic heterocycles. The molecule has 0 heterocycles. The van der Waals surface area contributed by atoms with Crippen molar-refractivity contribution in [3.05, 3.63) is 95.1 Å². The molecule has 4 nitrogen and oxygen atoms in total. The zero-order valence-electron chi connectivity index (χ0n) is 15.5. The summed E-state index contributed by atoms with van der Waals surface area (Å²) in [5.74, 6) is 1.36. The Bertz CT molecular complexity index is 994. The second-order valence-electron chi connectivity index (χ2n) is 6.09. The van der Waals surface area contributed by atoms with Crippen LogP contribution in [0.5, 0.6) is 5.75 Å². The quantitative estimate of drug-likeness (QED) is 0.591. The van der Waals surface area contributed by atoms with Crippen LogP contribution in [0.25, 0.3) is 0 Å². The lowest BCUT2D eigenvalue weighted by Crippen LogP contribution is -2.23. The molecule has 0 saturated heterocycles. The van der Waals surface area contributed by atoms with Crippen LogP contribution in [0.15, 0.2) is 77.7 Å². The fourth-order valence-electron chi connectivity index (χ4n) is 2.74. The number of para-hydroxylation sites is 1. The fraction of sp³-hybridized carbons (Fsp3) is 0.130. The van der Waals surface area contributed by atoms with Gasteiger partial charge in [-0.15, -0.1) is 11.8 Å². The Morgan fingerprint density at radius 1 is 1.04 bits per heavy atom. The predicted molar refractivity (Wildman–Crippen MR) is 111 cm³/mol. The molecule has 0 bridgehead atoms. The van der Waals surface area contributed by atoms with E-state index in [1.807, 2.05) is 72.8 Å². The normalized spacial score (nSPS) is 10.1. The fourth-order valence-corrected chi connectivity index (χ4v) is 3.74. The maximum atomic E-state index is 12.7. The smallest absolute Gasteiger partial charge is 0.252 e. The predicted octanol–water partition coefficient (Wildman–Crippen LogP) is 4.79. The highest BCUT2D eigenvalue weighted by atomic mass is 32.2. The van der Waals surface area contributed by atoms with E-state index in [1.54, 1.807) is 18.9 Å². The average Bonchev–Trinajstić information content (AvgIpc) is 2.76. The van der Waals surface area contributed by atoms with Crippen molar-refractivity contribution in [3.63, 3.8) is 0 Å². The number of nitrogens with zero attached hydrogens (tertiary/aromatic N) is 1. The van der Waals surface area contributed by atoms with E-state index in [2.05, 4.69) is 11.4 Å². The first kappa shape index (κ1) is 19.5. The van der Waals surface area contributed by atoms with Gasteiger partial charge in [-0.25, -0.2) is 0 Å². The van der Waals surface area contributed by atoms with E-state index in [4.69, 9.17) is 10.00 Å². The minimum Gasteiger partial charge on any atom is -0.496 e. The van der Waals surface area contributed by atoms with E-state index < -0.39 is 0 Å². The van der Waals surface area contributed by atoms with Crippen LogP contribution in [0.4, 0.5) is 0 Å². The van der Waals surface area contributed by atoms with Gasteiger partial charge < -0.3 is 10.1 Å². The summed E-state index contributed by atoms with van der Waals surface area (Å²) in [6.07, 6.45) is 0. The van der Waals surface area contributed by atoms with Gasteiger partial charge >= 0.3 is 0 Å². The zero-order chi connectivity index (χ0) is 19.8. The highest BCUT2D eigenvalue weighted by Crippen LogP contribution is 2.26. The van der Waals surface area contributed by atoms with Gasteiger partial charge in [0.25, 0.3) is 5.91 Å². The number of benzene rings is 3. The number of nitriles is 1. The Morgan fingerprint density at radius 3 is 2.50 bits per heavy atom. The van der Waals surface area contributed by atoms with Gasteiger partial charge in [0.2, 0.25) is 0 Å². The number of hydrogen-bond acceptors (Lipinski definition) is 4. The van der Waals surface area contributed by atoms with Crippen molar-refractivity contribution in [2.45, 2.75) is 17.2 Å². The van der Waals surface area contributed by atoms with Crippen molar-refractivity contribution in [1.29, 1.82) is 5.26 Å². The minimum atomic E-state index is -0.117. The number of thioether (sulfide) groups is 1. The molecule has 0 saturated carbocycles. The number of nitrogens with one attached hydrogen (secondary N) is 1. The summed E-state index contributed by atoms with van der Waals surface area (Å²) in [6.45, 7) is 0.400. The molecule has 0 atom stereocenters. The van der Waals surface area contributed by atoms with Gasteiger partial charge in [0.1, 0.15) is 5.75 Å². The molecule has 140 valence electrons. The monoisotopic (exact) mass is 388 g/mol. The third kappa shape index (κ3) is 4.93. The van der Waals surface area contributed by atoms with Gasteiger partial charge in [-0.2, -0.15) is 5.26 Å². The van der Waals surface area contributed by atoms with E-state index in [0.29, 0.717) is 17.7 Å². The first-order valence-electron chi connectivity index (χ1n) is 8.82. The standard InChI is InChI=1S/C23H20N2O2S/c1-27-21-8-4-2-6-19(21)15-25-23(26)20-7-3-5-9-22(20)28-16-18-12-10-17(14-24)11-13-18/h2-13H,15-16H2,1H3,(H,25,26). The van der Waals surface area contributed by atoms with Crippen LogP contribution >= 0.6 is 11.8 Å². The largest absolute Gasteiger partial charge is 0.496 e. The van der Waals surface area contributed by atoms with Gasteiger partial charge in [-0.05, 0) is 35.9 Å². The molecule has 0 aliphatic carbocycles. The average molecular weight is 388 g/mol. The molecule has 0 aromatic heterocycles. The van der Waals surface area contributed by atoms with Gasteiger partial charge in [0.05, 0.1) is 24.3 Å². The summed E-state index contributed by atoms with van der Waals surface area (Å²) in [5.41, 5.74) is 3.33. The van der Waals surface area contributed by atoms with Crippen molar-refractivity contribution < 1.29 is 9.53 Å². The summed E-state index contributed by atoms with van der Waals surface area (Å²) in [7, 11) is 1.62. The summed E-state index contributed by atoms with van der Waals surface area (Å²) in [5, 5.41) is 11.9. The van der Waals surface area contributed by atoms with Crippen molar-refractivity contribution in [3.8, 4) is 11.8 Å². The first-order valence-corrected chi connectivity index (χ1v) is 9.81. The highest BCUT2D eigenvalue weighted by molar-refractivity contribution is 7.98. The van der Waals surface area contributed by atoms with Gasteiger partial charge in [-0.3, -0.25) is 4.79 Å². The van der Waals surface area contributed by atoms with Crippen LogP contribution < -0.4 is 10.1 Å². The maximum absolute atomic E-state index is 12.7. The molecule has 3 rings (SSSR count). The lowest BCUT2D eigenvalue weighted by molar-refractivity contribution is 0.0947. The Labute approximate surface area is 169 Å². The topological polar surface area (TPSA) is 62.1 Å². The molecular weight excluding hydrogens is 368 g/mol. The molecule has 1 N–H and O–H groups in total. The second-order valence-corrected chi connectivity index (χ2v) is 7.11. The molecular formula is C23H20N2O2S. The molecule has 28 heavy (non-hydrogen) atoms. The van der Waals surface area contributed by atoms with E-state index in [-0.39, 0.29) is 5.91 Å². The summed E-state index contributed by atoms with van der Waals surface area (Å²) in [6, 6.07) is 24.8. The van der Waals surface area contributed by atoms with E-state index in [0.717, 1.165) is 27.5 Å². The summed E-state index contributed by atoms with van der Waals surface area (Å²) >= 11 is 1.60. The highest BCUT2D eigenvalue weighted by Gasteiger charge is 2.12. The molecule has 3 aromatic rings. The van der Waals surface area contributed by atoms with Crippen LogP contribution in [0.3, 0.4) is 0 Å². The molecule has 0 spiro atoms. The molecule has 0 aliphatic rings. The van der Waals surface area contributed by atoms with E-state index >= 15 is 0 Å². The third-order valence-corrected chi connectivity index (χ3v) is 5.39. The summed E-state index contributed by atoms with van der Waals surface area (Å²) < 4.78 is 5.34. The number of ether oxygens (including phenoxy) is 1. The lowest BCUT2D eigenvalue weighted by Gasteiger charge is -2.12. The van der Waals surface area contributed by atoms with Crippen molar-refractivity contribution in [2.75, 3.05) is 7.11 Å². The molecule has 0 radical (unpaired) electrons. The number of methoxy groups -OCH3 is 1. The maximum Gasteiger partial charge on any atom is 0.252 e. The van der Waals surface area contributed by atoms with E-state index in [1.165, 1.54) is 0 Å². The molecule has 5 heteroatoms. The number of hydrogen-bond donors (Lipinski definition) is 1. The number of rotatable bonds is 7. The molecule has 0 unspecified atom stereocenters. The molecule has 1 amide bonds. The number of carbonyl (C=O) groups excluding carboxylic acids is 1.